The van der Waals surface area contributed by atoms with Gasteiger partial charge in [0.05, 0.1) is 0 Å². The minimum Gasteiger partial charge on any atom is -0.444 e. The lowest BCUT2D eigenvalue weighted by atomic mass is 9.97. The molecule has 0 saturated carbocycles. The molecule has 0 fully saturated rings. The minimum absolute atomic E-state index is 0.0944. The van der Waals surface area contributed by atoms with E-state index >= 15 is 0 Å². The van der Waals surface area contributed by atoms with E-state index in [1.807, 2.05) is 34.6 Å². The van der Waals surface area contributed by atoms with Crippen LogP contribution in [0.4, 0.5) is 4.79 Å². The van der Waals surface area contributed by atoms with E-state index in [0.29, 0.717) is 11.1 Å². The molecule has 7 nitrogen and oxygen atoms in total. The predicted octanol–water partition coefficient (Wildman–Crippen LogP) is 4.19. The van der Waals surface area contributed by atoms with Crippen molar-refractivity contribution in [2.75, 3.05) is 6.54 Å². The van der Waals surface area contributed by atoms with Gasteiger partial charge in [-0.2, -0.15) is 0 Å². The summed E-state index contributed by atoms with van der Waals surface area (Å²) < 4.78 is 5.35. The van der Waals surface area contributed by atoms with Crippen molar-refractivity contribution in [2.24, 2.45) is 5.92 Å². The van der Waals surface area contributed by atoms with Gasteiger partial charge >= 0.3 is 6.09 Å². The highest BCUT2D eigenvalue weighted by atomic mass is 16.6. The molecule has 3 amide bonds. The molecule has 2 atom stereocenters. The van der Waals surface area contributed by atoms with E-state index in [9.17, 15) is 14.4 Å². The zero-order chi connectivity index (χ0) is 26.3. The Labute approximate surface area is 204 Å². The lowest BCUT2D eigenvalue weighted by Crippen LogP contribution is -2.56. The molecule has 34 heavy (non-hydrogen) atoms. The van der Waals surface area contributed by atoms with Crippen molar-refractivity contribution < 1.29 is 19.1 Å². The standard InChI is InChI=1S/C27H39N3O4/c1-11-17-30(24(32)21(18(3)4)28-25(33)34-27(8,9)10)22(23(31)29-26(5,6)7)20-15-13-19(12-2)14-16-20/h2,11,13-16,18,21-22H,1,17H2,3-10H3,(H,28,33)(H,29,31). The van der Waals surface area contributed by atoms with Gasteiger partial charge in [-0.3, -0.25) is 9.59 Å². The summed E-state index contributed by atoms with van der Waals surface area (Å²) in [5.74, 6) is 1.52. The van der Waals surface area contributed by atoms with Gasteiger partial charge in [-0.1, -0.05) is 38.0 Å². The maximum absolute atomic E-state index is 13.8. The lowest BCUT2D eigenvalue weighted by molar-refractivity contribution is -0.143. The van der Waals surface area contributed by atoms with Gasteiger partial charge < -0.3 is 20.3 Å². The Hall–Kier alpha value is -3.27. The van der Waals surface area contributed by atoms with E-state index in [0.717, 1.165) is 0 Å². The number of terminal acetylenes is 1. The quantitative estimate of drug-likeness (QED) is 0.441. The fourth-order valence-corrected chi connectivity index (χ4v) is 3.26. The topological polar surface area (TPSA) is 87.7 Å². The number of nitrogens with one attached hydrogen (secondary N) is 2. The highest BCUT2D eigenvalue weighted by molar-refractivity contribution is 5.92. The summed E-state index contributed by atoms with van der Waals surface area (Å²) in [6.45, 7) is 18.3. The molecule has 2 N–H and O–H groups in total. The van der Waals surface area contributed by atoms with Gasteiger partial charge in [0, 0.05) is 17.6 Å². The third-order valence-corrected chi connectivity index (χ3v) is 4.67. The first-order valence-corrected chi connectivity index (χ1v) is 11.4. The van der Waals surface area contributed by atoms with Crippen LogP contribution in [0.25, 0.3) is 0 Å². The van der Waals surface area contributed by atoms with Gasteiger partial charge in [-0.05, 0) is 65.2 Å². The van der Waals surface area contributed by atoms with E-state index in [4.69, 9.17) is 11.2 Å². The smallest absolute Gasteiger partial charge is 0.408 e. The second-order valence-corrected chi connectivity index (χ2v) is 10.6. The summed E-state index contributed by atoms with van der Waals surface area (Å²) in [6.07, 6.45) is 6.33. The zero-order valence-corrected chi connectivity index (χ0v) is 21.7. The molecule has 0 spiro atoms. The molecule has 0 aliphatic carbocycles. The molecule has 0 heterocycles. The molecule has 1 rings (SSSR count). The third kappa shape index (κ3) is 8.93. The summed E-state index contributed by atoms with van der Waals surface area (Å²) in [5, 5.41) is 5.64. The Balaban J connectivity index is 3.47. The van der Waals surface area contributed by atoms with Gasteiger partial charge in [-0.15, -0.1) is 13.0 Å². The molecule has 7 heteroatoms. The van der Waals surface area contributed by atoms with E-state index in [2.05, 4.69) is 23.1 Å². The van der Waals surface area contributed by atoms with Crippen molar-refractivity contribution in [3.63, 3.8) is 0 Å². The van der Waals surface area contributed by atoms with E-state index in [-0.39, 0.29) is 18.4 Å². The Morgan fingerprint density at radius 2 is 1.68 bits per heavy atom. The number of hydrogen-bond acceptors (Lipinski definition) is 4. The van der Waals surface area contributed by atoms with Crippen LogP contribution < -0.4 is 10.6 Å². The highest BCUT2D eigenvalue weighted by Crippen LogP contribution is 2.25. The number of carbonyl (C=O) groups excluding carboxylic acids is 3. The van der Waals surface area contributed by atoms with Crippen molar-refractivity contribution in [3.8, 4) is 12.3 Å². The average Bonchev–Trinajstić information content (AvgIpc) is 2.68. The number of benzene rings is 1. The molecule has 0 radical (unpaired) electrons. The maximum Gasteiger partial charge on any atom is 0.408 e. The first kappa shape index (κ1) is 28.8. The highest BCUT2D eigenvalue weighted by Gasteiger charge is 2.37. The van der Waals surface area contributed by atoms with Crippen LogP contribution in [0.2, 0.25) is 0 Å². The number of rotatable bonds is 8. The summed E-state index contributed by atoms with van der Waals surface area (Å²) in [7, 11) is 0. The van der Waals surface area contributed by atoms with E-state index in [1.165, 1.54) is 4.90 Å². The normalized spacial score (nSPS) is 13.3. The van der Waals surface area contributed by atoms with Gasteiger partial charge in [0.25, 0.3) is 0 Å². The Bertz CT molecular complexity index is 915. The van der Waals surface area contributed by atoms with Crippen molar-refractivity contribution >= 4 is 17.9 Å². The molecular weight excluding hydrogens is 430 g/mol. The number of carbonyl (C=O) groups is 3. The Morgan fingerprint density at radius 3 is 2.09 bits per heavy atom. The SMILES string of the molecule is C#Cc1ccc(C(C(=O)NC(C)(C)C)N(CC=C)C(=O)C(NC(=O)OC(C)(C)C)C(C)C)cc1. The fourth-order valence-electron chi connectivity index (χ4n) is 3.26. The van der Waals surface area contributed by atoms with Crippen LogP contribution in [-0.4, -0.2) is 46.5 Å². The van der Waals surface area contributed by atoms with Crippen molar-refractivity contribution in [3.05, 3.63) is 48.0 Å². The summed E-state index contributed by atoms with van der Waals surface area (Å²) in [5.41, 5.74) is 0.00901. The average molecular weight is 470 g/mol. The molecule has 0 aliphatic rings. The Morgan fingerprint density at radius 1 is 1.12 bits per heavy atom. The van der Waals surface area contributed by atoms with Crippen LogP contribution in [-0.2, 0) is 14.3 Å². The monoisotopic (exact) mass is 469 g/mol. The summed E-state index contributed by atoms with van der Waals surface area (Å²) >= 11 is 0. The van der Waals surface area contributed by atoms with Crippen LogP contribution in [0, 0.1) is 18.3 Å². The van der Waals surface area contributed by atoms with E-state index in [1.54, 1.807) is 51.1 Å². The molecule has 1 aromatic carbocycles. The molecule has 2 unspecified atom stereocenters. The Kier molecular flexibility index (Phi) is 9.93. The van der Waals surface area contributed by atoms with Crippen LogP contribution >= 0.6 is 0 Å². The number of hydrogen-bond donors (Lipinski definition) is 2. The van der Waals surface area contributed by atoms with Crippen LogP contribution in [0.15, 0.2) is 36.9 Å². The molecule has 186 valence electrons. The molecule has 0 bridgehead atoms. The molecule has 0 aliphatic heterocycles. The van der Waals surface area contributed by atoms with E-state index < -0.39 is 35.2 Å². The summed E-state index contributed by atoms with van der Waals surface area (Å²) in [4.78, 5) is 41.1. The first-order valence-electron chi connectivity index (χ1n) is 11.4. The summed E-state index contributed by atoms with van der Waals surface area (Å²) in [6, 6.07) is 5.04. The molecule has 0 aromatic heterocycles. The third-order valence-electron chi connectivity index (χ3n) is 4.67. The largest absolute Gasteiger partial charge is 0.444 e. The van der Waals surface area contributed by atoms with Gasteiger partial charge in [0.15, 0.2) is 0 Å². The fraction of sp³-hybridized carbons (Fsp3) is 0.519. The molecular formula is C27H39N3O4. The van der Waals surface area contributed by atoms with Crippen molar-refractivity contribution in [2.45, 2.75) is 78.6 Å². The van der Waals surface area contributed by atoms with Crippen LogP contribution in [0.3, 0.4) is 0 Å². The molecule has 0 saturated heterocycles. The van der Waals surface area contributed by atoms with Gasteiger partial charge in [-0.25, -0.2) is 4.79 Å². The lowest BCUT2D eigenvalue weighted by Gasteiger charge is -2.36. The second-order valence-electron chi connectivity index (χ2n) is 10.6. The zero-order valence-electron chi connectivity index (χ0n) is 21.7. The minimum atomic E-state index is -0.960. The van der Waals surface area contributed by atoms with Crippen LogP contribution in [0.1, 0.15) is 72.6 Å². The number of amides is 3. The number of nitrogens with zero attached hydrogens (tertiary/aromatic N) is 1. The number of ether oxygens (including phenoxy) is 1. The predicted molar refractivity (Wildman–Crippen MR) is 135 cm³/mol. The van der Waals surface area contributed by atoms with Crippen molar-refractivity contribution in [1.29, 1.82) is 0 Å². The van der Waals surface area contributed by atoms with Gasteiger partial charge in [0.1, 0.15) is 17.7 Å². The molecule has 1 aromatic rings. The van der Waals surface area contributed by atoms with Crippen molar-refractivity contribution in [1.82, 2.24) is 15.5 Å². The number of alkyl carbamates (subject to hydrolysis) is 1. The van der Waals surface area contributed by atoms with Gasteiger partial charge in [0.2, 0.25) is 11.8 Å². The van der Waals surface area contributed by atoms with Crippen LogP contribution in [0.5, 0.6) is 0 Å². The first-order chi connectivity index (χ1) is 15.6. The second kappa shape index (κ2) is 11.7. The maximum atomic E-state index is 13.8.